The van der Waals surface area contributed by atoms with Gasteiger partial charge in [-0.25, -0.2) is 9.59 Å². The Bertz CT molecular complexity index is 1320. The van der Waals surface area contributed by atoms with Crippen molar-refractivity contribution < 1.29 is 24.3 Å². The van der Waals surface area contributed by atoms with Crippen LogP contribution in [0.15, 0.2) is 60.7 Å². The van der Waals surface area contributed by atoms with E-state index in [0.717, 1.165) is 24.0 Å². The van der Waals surface area contributed by atoms with E-state index in [-0.39, 0.29) is 42.1 Å². The summed E-state index contributed by atoms with van der Waals surface area (Å²) in [6.45, 7) is 9.79. The van der Waals surface area contributed by atoms with Gasteiger partial charge in [0.05, 0.1) is 12.1 Å². The largest absolute Gasteiger partial charge is 0.391 e. The topological polar surface area (TPSA) is 143 Å². The third-order valence-corrected chi connectivity index (χ3v) is 8.99. The van der Waals surface area contributed by atoms with E-state index >= 15 is 0 Å². The Balaban J connectivity index is 1.58. The third-order valence-electron chi connectivity index (χ3n) is 8.99. The minimum Gasteiger partial charge on any atom is -0.391 e. The Morgan fingerprint density at radius 2 is 1.17 bits per heavy atom. The average Bonchev–Trinajstić information content (AvgIpc) is 3.03. The molecule has 0 unspecified atom stereocenters. The molecular weight excluding hydrogens is 596 g/mol. The fourth-order valence-electron chi connectivity index (χ4n) is 6.69. The molecule has 0 saturated carbocycles. The molecule has 4 rings (SSSR count). The van der Waals surface area contributed by atoms with E-state index in [1.165, 1.54) is 0 Å². The maximum Gasteiger partial charge on any atom is 0.318 e. The Hall–Kier alpha value is -4.12. The van der Waals surface area contributed by atoms with Crippen molar-refractivity contribution in [2.75, 3.05) is 26.2 Å². The molecule has 2 aliphatic rings. The molecule has 47 heavy (non-hydrogen) atoms. The van der Waals surface area contributed by atoms with Crippen molar-refractivity contribution in [2.24, 2.45) is 11.8 Å². The first kappa shape index (κ1) is 35.7. The van der Waals surface area contributed by atoms with Gasteiger partial charge >= 0.3 is 12.1 Å². The van der Waals surface area contributed by atoms with Gasteiger partial charge in [-0.05, 0) is 55.1 Å². The molecule has 2 heterocycles. The van der Waals surface area contributed by atoms with Crippen molar-refractivity contribution in [1.29, 1.82) is 0 Å². The molecule has 0 spiro atoms. The van der Waals surface area contributed by atoms with E-state index in [4.69, 9.17) is 0 Å². The molecule has 0 aromatic heterocycles. The number of nitrogens with one attached hydrogen (secondary N) is 4. The molecule has 0 bridgehead atoms. The molecule has 6 amide bonds. The van der Waals surface area contributed by atoms with Gasteiger partial charge in [-0.2, -0.15) is 0 Å². The minimum atomic E-state index is -1.04. The van der Waals surface area contributed by atoms with Gasteiger partial charge in [0.25, 0.3) is 0 Å². The molecule has 5 atom stereocenters. The molecule has 2 aromatic carbocycles. The first-order chi connectivity index (χ1) is 22.5. The molecule has 2 saturated heterocycles. The number of aliphatic hydroxyl groups excluding tert-OH is 1. The van der Waals surface area contributed by atoms with Crippen LogP contribution in [0, 0.1) is 11.8 Å². The molecular formula is C36H52N6O5. The van der Waals surface area contributed by atoms with E-state index in [9.17, 15) is 24.3 Å². The van der Waals surface area contributed by atoms with Gasteiger partial charge < -0.3 is 36.2 Å². The maximum absolute atomic E-state index is 13.9. The predicted octanol–water partition coefficient (Wildman–Crippen LogP) is 3.07. The molecule has 11 nitrogen and oxygen atoms in total. The van der Waals surface area contributed by atoms with Gasteiger partial charge in [-0.1, -0.05) is 88.4 Å². The lowest BCUT2D eigenvalue weighted by Crippen LogP contribution is -2.61. The zero-order valence-electron chi connectivity index (χ0n) is 28.2. The van der Waals surface area contributed by atoms with Crippen LogP contribution in [0.3, 0.4) is 0 Å². The Morgan fingerprint density at radius 1 is 0.723 bits per heavy atom. The number of hydrogen-bond donors (Lipinski definition) is 5. The molecule has 11 heteroatoms. The van der Waals surface area contributed by atoms with E-state index in [1.54, 1.807) is 9.80 Å². The fourth-order valence-corrected chi connectivity index (χ4v) is 6.69. The van der Waals surface area contributed by atoms with E-state index in [0.29, 0.717) is 39.0 Å². The number of nitrogens with zero attached hydrogens (tertiary/aromatic N) is 2. The van der Waals surface area contributed by atoms with E-state index < -0.39 is 30.3 Å². The smallest absolute Gasteiger partial charge is 0.318 e. The van der Waals surface area contributed by atoms with Crippen molar-refractivity contribution in [3.8, 4) is 0 Å². The summed E-state index contributed by atoms with van der Waals surface area (Å²) < 4.78 is 0. The summed E-state index contributed by atoms with van der Waals surface area (Å²) in [6, 6.07) is 16.3. The molecule has 0 radical (unpaired) electrons. The van der Waals surface area contributed by atoms with Crippen LogP contribution in [0.5, 0.6) is 0 Å². The van der Waals surface area contributed by atoms with Gasteiger partial charge in [0.2, 0.25) is 11.8 Å². The van der Waals surface area contributed by atoms with Crippen LogP contribution in [0.4, 0.5) is 9.59 Å². The maximum atomic E-state index is 13.9. The SMILES string of the molecule is CC(C)[C@@H](C(=O)N[C@@H](Cc1ccccc1)C[C@H](O)[C@H](Cc1ccccc1)NC(=O)[C@H](C(C)C)N1CCCNC1=O)N1CCCNC1=O. The summed E-state index contributed by atoms with van der Waals surface area (Å²) in [5.74, 6) is -0.883. The summed E-state index contributed by atoms with van der Waals surface area (Å²) in [5.41, 5.74) is 1.93. The quantitative estimate of drug-likeness (QED) is 0.202. The highest BCUT2D eigenvalue weighted by atomic mass is 16.3. The van der Waals surface area contributed by atoms with Gasteiger partial charge in [-0.15, -0.1) is 0 Å². The number of carbonyl (C=O) groups excluding carboxylic acids is 4. The lowest BCUT2D eigenvalue weighted by atomic mass is 9.92. The van der Waals surface area contributed by atoms with E-state index in [2.05, 4.69) is 21.3 Å². The van der Waals surface area contributed by atoms with Crippen LogP contribution in [0.25, 0.3) is 0 Å². The lowest BCUT2D eigenvalue weighted by Gasteiger charge is -2.38. The number of hydrogen-bond acceptors (Lipinski definition) is 5. The molecule has 0 aliphatic carbocycles. The fraction of sp³-hybridized carbons (Fsp3) is 0.556. The zero-order chi connectivity index (χ0) is 33.9. The second kappa shape index (κ2) is 17.2. The van der Waals surface area contributed by atoms with Crippen molar-refractivity contribution in [1.82, 2.24) is 31.1 Å². The lowest BCUT2D eigenvalue weighted by molar-refractivity contribution is -0.130. The summed E-state index contributed by atoms with van der Waals surface area (Å²) in [4.78, 5) is 56.4. The highest BCUT2D eigenvalue weighted by Crippen LogP contribution is 2.20. The third kappa shape index (κ3) is 9.93. The van der Waals surface area contributed by atoms with Crippen molar-refractivity contribution >= 4 is 23.9 Å². The summed E-state index contributed by atoms with van der Waals surface area (Å²) in [6.07, 6.45) is 1.44. The predicted molar refractivity (Wildman–Crippen MR) is 181 cm³/mol. The standard InChI is InChI=1S/C36H52N6O5/c1-24(2)31(41-19-11-17-37-35(41)46)33(44)39-28(21-26-13-7-5-8-14-26)23-30(43)29(22-27-15-9-6-10-16-27)40-34(45)32(25(3)4)42-20-12-18-38-36(42)47/h5-10,13-16,24-25,28-32,43H,11-12,17-23H2,1-4H3,(H,37,46)(H,38,47)(H,39,44)(H,40,45)/t28-,29-,30-,31-,32-/m0/s1. The first-order valence-electron chi connectivity index (χ1n) is 17.0. The van der Waals surface area contributed by atoms with Crippen LogP contribution in [0.1, 0.15) is 58.1 Å². The molecule has 2 fully saturated rings. The summed E-state index contributed by atoms with van der Waals surface area (Å²) in [5, 5.41) is 23.8. The highest BCUT2D eigenvalue weighted by Gasteiger charge is 2.38. The second-order valence-electron chi connectivity index (χ2n) is 13.4. The summed E-state index contributed by atoms with van der Waals surface area (Å²) >= 11 is 0. The molecule has 2 aromatic rings. The number of benzene rings is 2. The molecule has 2 aliphatic heterocycles. The molecule has 5 N–H and O–H groups in total. The van der Waals surface area contributed by atoms with Gasteiger partial charge in [0.15, 0.2) is 0 Å². The van der Waals surface area contributed by atoms with Crippen LogP contribution < -0.4 is 21.3 Å². The number of rotatable bonds is 15. The van der Waals surface area contributed by atoms with Gasteiger partial charge in [0, 0.05) is 32.2 Å². The van der Waals surface area contributed by atoms with Crippen LogP contribution in [-0.4, -0.2) is 95.2 Å². The Morgan fingerprint density at radius 3 is 1.62 bits per heavy atom. The van der Waals surface area contributed by atoms with Crippen molar-refractivity contribution in [3.05, 3.63) is 71.8 Å². The number of carbonyl (C=O) groups is 4. The monoisotopic (exact) mass is 648 g/mol. The number of urea groups is 2. The highest BCUT2D eigenvalue weighted by molar-refractivity contribution is 5.88. The Labute approximate surface area is 278 Å². The van der Waals surface area contributed by atoms with Gasteiger partial charge in [-0.3, -0.25) is 9.59 Å². The van der Waals surface area contributed by atoms with Crippen LogP contribution >= 0.6 is 0 Å². The Kier molecular flexibility index (Phi) is 13.0. The number of aliphatic hydroxyl groups is 1. The summed E-state index contributed by atoms with van der Waals surface area (Å²) in [7, 11) is 0. The second-order valence-corrected chi connectivity index (χ2v) is 13.4. The first-order valence-corrected chi connectivity index (χ1v) is 17.0. The van der Waals surface area contributed by atoms with Crippen LogP contribution in [0.2, 0.25) is 0 Å². The van der Waals surface area contributed by atoms with Crippen molar-refractivity contribution in [3.63, 3.8) is 0 Å². The average molecular weight is 649 g/mol. The molecule has 256 valence electrons. The zero-order valence-corrected chi connectivity index (χ0v) is 28.2. The van der Waals surface area contributed by atoms with Crippen LogP contribution in [-0.2, 0) is 22.4 Å². The van der Waals surface area contributed by atoms with Crippen molar-refractivity contribution in [2.45, 2.75) is 90.1 Å². The normalized spacial score (nSPS) is 18.5. The van der Waals surface area contributed by atoms with E-state index in [1.807, 2.05) is 88.4 Å². The van der Waals surface area contributed by atoms with Gasteiger partial charge in [0.1, 0.15) is 12.1 Å². The minimum absolute atomic E-state index is 0.133. The number of amides is 6.